The number of carbonyl (C=O) groups is 2. The van der Waals surface area contributed by atoms with E-state index in [1.807, 2.05) is 37.8 Å². The third-order valence-corrected chi connectivity index (χ3v) is 6.02. The van der Waals surface area contributed by atoms with Gasteiger partial charge in [-0.25, -0.2) is 4.79 Å². The highest BCUT2D eigenvalue weighted by molar-refractivity contribution is 5.98. The van der Waals surface area contributed by atoms with E-state index in [-0.39, 0.29) is 11.9 Å². The Morgan fingerprint density at radius 2 is 1.75 bits per heavy atom. The minimum atomic E-state index is -0.335. The number of morpholine rings is 1. The molecule has 1 saturated heterocycles. The van der Waals surface area contributed by atoms with Crippen LogP contribution in [-0.4, -0.2) is 79.3 Å². The summed E-state index contributed by atoms with van der Waals surface area (Å²) in [7, 11) is 1.38. The standard InChI is InChI=1S/C23H29N3O4.C2H6/c1-17-15-26(16-18-3-5-19(6-4-18)23(28)29-2)20-7-8-25(22(27)21(17)20)10-9-24-11-13-30-14-12-24;1-2/h3-6,15H,7-14,16H2,1-2H3;1-2H3. The fraction of sp³-hybridized carbons (Fsp3) is 0.520. The highest BCUT2D eigenvalue weighted by Gasteiger charge is 2.29. The predicted molar refractivity (Wildman–Crippen MR) is 124 cm³/mol. The Kier molecular flexibility index (Phi) is 8.47. The van der Waals surface area contributed by atoms with Crippen molar-refractivity contribution in [2.45, 2.75) is 33.7 Å². The summed E-state index contributed by atoms with van der Waals surface area (Å²) >= 11 is 0. The van der Waals surface area contributed by atoms with Gasteiger partial charge in [-0.3, -0.25) is 9.69 Å². The van der Waals surface area contributed by atoms with Gasteiger partial charge in [-0.2, -0.15) is 0 Å². The van der Waals surface area contributed by atoms with Crippen molar-refractivity contribution in [2.75, 3.05) is 53.0 Å². The monoisotopic (exact) mass is 441 g/mol. The minimum absolute atomic E-state index is 0.141. The number of fused-ring (bicyclic) bond motifs is 1. The van der Waals surface area contributed by atoms with E-state index in [1.165, 1.54) is 7.11 Å². The van der Waals surface area contributed by atoms with Gasteiger partial charge in [-0.15, -0.1) is 0 Å². The fourth-order valence-corrected chi connectivity index (χ4v) is 4.31. The number of amides is 1. The Morgan fingerprint density at radius 1 is 1.06 bits per heavy atom. The molecule has 1 aromatic carbocycles. The minimum Gasteiger partial charge on any atom is -0.465 e. The third-order valence-electron chi connectivity index (χ3n) is 6.02. The lowest BCUT2D eigenvalue weighted by Crippen LogP contribution is -2.45. The van der Waals surface area contributed by atoms with E-state index >= 15 is 0 Å². The van der Waals surface area contributed by atoms with Crippen molar-refractivity contribution in [3.05, 3.63) is 58.4 Å². The first-order chi connectivity index (χ1) is 15.6. The van der Waals surface area contributed by atoms with Gasteiger partial charge in [0.1, 0.15) is 0 Å². The molecule has 1 amide bonds. The number of aryl methyl sites for hydroxylation is 1. The fourth-order valence-electron chi connectivity index (χ4n) is 4.31. The number of carbonyl (C=O) groups excluding carboxylic acids is 2. The Hall–Kier alpha value is -2.64. The number of esters is 1. The van der Waals surface area contributed by atoms with E-state index in [2.05, 4.69) is 15.7 Å². The second-order valence-electron chi connectivity index (χ2n) is 7.95. The molecule has 0 radical (unpaired) electrons. The molecule has 2 aliphatic heterocycles. The van der Waals surface area contributed by atoms with E-state index in [9.17, 15) is 9.59 Å². The van der Waals surface area contributed by atoms with E-state index in [1.54, 1.807) is 12.1 Å². The van der Waals surface area contributed by atoms with Crippen molar-refractivity contribution >= 4 is 11.9 Å². The molecule has 1 aromatic heterocycles. The lowest BCUT2D eigenvalue weighted by molar-refractivity contribution is 0.0321. The van der Waals surface area contributed by atoms with Gasteiger partial charge in [0, 0.05) is 57.6 Å². The first kappa shape index (κ1) is 24.0. The molecule has 0 spiro atoms. The summed E-state index contributed by atoms with van der Waals surface area (Å²) in [5.74, 6) is -0.194. The third kappa shape index (κ3) is 5.40. The normalized spacial score (nSPS) is 16.2. The van der Waals surface area contributed by atoms with Gasteiger partial charge >= 0.3 is 5.97 Å². The molecule has 0 saturated carbocycles. The number of hydrogen-bond donors (Lipinski definition) is 0. The quantitative estimate of drug-likeness (QED) is 0.645. The van der Waals surface area contributed by atoms with Crippen molar-refractivity contribution in [1.82, 2.24) is 14.4 Å². The van der Waals surface area contributed by atoms with Crippen LogP contribution in [0.3, 0.4) is 0 Å². The first-order valence-corrected chi connectivity index (χ1v) is 11.5. The molecular formula is C25H35N3O4. The number of aromatic nitrogens is 1. The topological polar surface area (TPSA) is 64.0 Å². The Bertz CT molecular complexity index is 914. The maximum Gasteiger partial charge on any atom is 0.337 e. The highest BCUT2D eigenvalue weighted by Crippen LogP contribution is 2.25. The SMILES string of the molecule is CC.COC(=O)c1ccc(Cn2cc(C)c3c2CCN(CCN2CCOCC2)C3=O)cc1. The molecule has 1 fully saturated rings. The van der Waals surface area contributed by atoms with Gasteiger partial charge in [0.25, 0.3) is 5.91 Å². The highest BCUT2D eigenvalue weighted by atomic mass is 16.5. The average molecular weight is 442 g/mol. The van der Waals surface area contributed by atoms with E-state index < -0.39 is 0 Å². The molecule has 0 bridgehead atoms. The summed E-state index contributed by atoms with van der Waals surface area (Å²) in [5.41, 5.74) is 4.62. The summed E-state index contributed by atoms with van der Waals surface area (Å²) in [6.07, 6.45) is 2.93. The lowest BCUT2D eigenvalue weighted by Gasteiger charge is -2.32. The zero-order valence-corrected chi connectivity index (χ0v) is 19.7. The summed E-state index contributed by atoms with van der Waals surface area (Å²) < 4.78 is 12.3. The molecule has 0 N–H and O–H groups in total. The van der Waals surface area contributed by atoms with Gasteiger partial charge < -0.3 is 18.9 Å². The lowest BCUT2D eigenvalue weighted by atomic mass is 10.0. The molecule has 7 heteroatoms. The number of methoxy groups -OCH3 is 1. The van der Waals surface area contributed by atoms with Gasteiger partial charge in [-0.05, 0) is 30.2 Å². The van der Waals surface area contributed by atoms with Crippen molar-refractivity contribution in [3.8, 4) is 0 Å². The molecule has 3 heterocycles. The number of nitrogens with zero attached hydrogens (tertiary/aromatic N) is 3. The Labute approximate surface area is 190 Å². The molecule has 174 valence electrons. The molecule has 0 atom stereocenters. The molecule has 0 aliphatic carbocycles. The van der Waals surface area contributed by atoms with Crippen molar-refractivity contribution < 1.29 is 19.1 Å². The summed E-state index contributed by atoms with van der Waals surface area (Å²) in [4.78, 5) is 29.1. The molecule has 0 unspecified atom stereocenters. The van der Waals surface area contributed by atoms with Crippen LogP contribution in [-0.2, 0) is 22.4 Å². The predicted octanol–water partition coefficient (Wildman–Crippen LogP) is 2.99. The Morgan fingerprint density at radius 3 is 2.41 bits per heavy atom. The number of hydrogen-bond acceptors (Lipinski definition) is 5. The zero-order valence-electron chi connectivity index (χ0n) is 19.7. The molecule has 32 heavy (non-hydrogen) atoms. The van der Waals surface area contributed by atoms with Gasteiger partial charge in [0.15, 0.2) is 0 Å². The molecule has 2 aliphatic rings. The maximum atomic E-state index is 13.1. The van der Waals surface area contributed by atoms with Crippen LogP contribution in [0, 0.1) is 6.92 Å². The van der Waals surface area contributed by atoms with Crippen molar-refractivity contribution in [1.29, 1.82) is 0 Å². The smallest absolute Gasteiger partial charge is 0.337 e. The van der Waals surface area contributed by atoms with Crippen LogP contribution in [0.1, 0.15) is 51.4 Å². The van der Waals surface area contributed by atoms with Crippen LogP contribution in [0.15, 0.2) is 30.5 Å². The van der Waals surface area contributed by atoms with E-state index in [0.717, 1.165) is 74.7 Å². The summed E-state index contributed by atoms with van der Waals surface area (Å²) in [5, 5.41) is 0. The van der Waals surface area contributed by atoms with Crippen molar-refractivity contribution in [3.63, 3.8) is 0 Å². The first-order valence-electron chi connectivity index (χ1n) is 11.5. The number of benzene rings is 1. The second kappa shape index (κ2) is 11.3. The average Bonchev–Trinajstić information content (AvgIpc) is 3.16. The van der Waals surface area contributed by atoms with E-state index in [0.29, 0.717) is 12.1 Å². The van der Waals surface area contributed by atoms with Gasteiger partial charge in [0.2, 0.25) is 0 Å². The van der Waals surface area contributed by atoms with Crippen LogP contribution < -0.4 is 0 Å². The Balaban J connectivity index is 0.00000141. The maximum absolute atomic E-state index is 13.1. The number of ether oxygens (including phenoxy) is 2. The van der Waals surface area contributed by atoms with Crippen LogP contribution in [0.25, 0.3) is 0 Å². The molecule has 2 aromatic rings. The van der Waals surface area contributed by atoms with Crippen LogP contribution in [0.2, 0.25) is 0 Å². The molecule has 7 nitrogen and oxygen atoms in total. The summed E-state index contributed by atoms with van der Waals surface area (Å²) in [6, 6.07) is 7.44. The number of rotatable bonds is 6. The van der Waals surface area contributed by atoms with Crippen LogP contribution >= 0.6 is 0 Å². The second-order valence-corrected chi connectivity index (χ2v) is 7.95. The van der Waals surface area contributed by atoms with Crippen molar-refractivity contribution in [2.24, 2.45) is 0 Å². The molecular weight excluding hydrogens is 406 g/mol. The van der Waals surface area contributed by atoms with Gasteiger partial charge in [0.05, 0.1) is 31.5 Å². The largest absolute Gasteiger partial charge is 0.465 e. The van der Waals surface area contributed by atoms with Crippen LogP contribution in [0.4, 0.5) is 0 Å². The van der Waals surface area contributed by atoms with E-state index in [4.69, 9.17) is 9.47 Å². The zero-order chi connectivity index (χ0) is 23.1. The molecule has 4 rings (SSSR count). The van der Waals surface area contributed by atoms with Gasteiger partial charge in [-0.1, -0.05) is 26.0 Å². The van der Waals surface area contributed by atoms with Crippen LogP contribution in [0.5, 0.6) is 0 Å². The summed E-state index contributed by atoms with van der Waals surface area (Å²) in [6.45, 7) is 12.5.